The Kier molecular flexibility index (Phi) is 5.68. The minimum atomic E-state index is -0.191. The minimum Gasteiger partial charge on any atom is -0.492 e. The van der Waals surface area contributed by atoms with Crippen LogP contribution in [-0.2, 0) is 4.74 Å². The average Bonchev–Trinajstić information content (AvgIpc) is 2.49. The minimum absolute atomic E-state index is 0.191. The van der Waals surface area contributed by atoms with Crippen LogP contribution in [0.2, 0.25) is 0 Å². The smallest absolute Gasteiger partial charge is 0.319 e. The van der Waals surface area contributed by atoms with Crippen molar-refractivity contribution in [3.8, 4) is 5.75 Å². The Morgan fingerprint density at radius 2 is 2.10 bits per heavy atom. The van der Waals surface area contributed by atoms with Gasteiger partial charge in [0.2, 0.25) is 0 Å². The molecule has 2 amide bonds. The summed E-state index contributed by atoms with van der Waals surface area (Å²) < 4.78 is 10.8. The molecule has 20 heavy (non-hydrogen) atoms. The van der Waals surface area contributed by atoms with Gasteiger partial charge in [-0.05, 0) is 37.8 Å². The third-order valence-corrected chi connectivity index (χ3v) is 3.33. The van der Waals surface area contributed by atoms with Crippen molar-refractivity contribution in [3.63, 3.8) is 0 Å². The molecule has 0 aromatic heterocycles. The standard InChI is InChI=1S/C15H22N2O3/c1-2-20-14-6-4-3-5-13(14)17-15(18)16-11-12-7-9-19-10-8-12/h3-6,12H,2,7-11H2,1H3,(H2,16,17,18). The van der Waals surface area contributed by atoms with E-state index in [4.69, 9.17) is 9.47 Å². The lowest BCUT2D eigenvalue weighted by molar-refractivity contribution is 0.0671. The fraction of sp³-hybridized carbons (Fsp3) is 0.533. The van der Waals surface area contributed by atoms with Crippen LogP contribution in [0.4, 0.5) is 10.5 Å². The molecule has 1 aliphatic rings. The van der Waals surface area contributed by atoms with Crippen molar-refractivity contribution in [2.45, 2.75) is 19.8 Å². The quantitative estimate of drug-likeness (QED) is 0.870. The van der Waals surface area contributed by atoms with E-state index in [1.54, 1.807) is 0 Å². The second kappa shape index (κ2) is 7.75. The van der Waals surface area contributed by atoms with Crippen molar-refractivity contribution in [1.82, 2.24) is 5.32 Å². The molecule has 0 bridgehead atoms. The lowest BCUT2D eigenvalue weighted by atomic mass is 10.0. The number of urea groups is 1. The van der Waals surface area contributed by atoms with Gasteiger partial charge in [0.1, 0.15) is 5.75 Å². The number of hydrogen-bond acceptors (Lipinski definition) is 3. The van der Waals surface area contributed by atoms with E-state index in [2.05, 4.69) is 10.6 Å². The van der Waals surface area contributed by atoms with Crippen molar-refractivity contribution in [2.75, 3.05) is 31.7 Å². The molecule has 0 spiro atoms. The Morgan fingerprint density at radius 3 is 2.85 bits per heavy atom. The van der Waals surface area contributed by atoms with Gasteiger partial charge in [0.15, 0.2) is 0 Å². The van der Waals surface area contributed by atoms with Crippen LogP contribution in [0, 0.1) is 5.92 Å². The Bertz CT molecular complexity index is 431. The monoisotopic (exact) mass is 278 g/mol. The second-order valence-corrected chi connectivity index (χ2v) is 4.82. The van der Waals surface area contributed by atoms with Crippen LogP contribution in [0.25, 0.3) is 0 Å². The van der Waals surface area contributed by atoms with E-state index < -0.39 is 0 Å². The average molecular weight is 278 g/mol. The number of ether oxygens (including phenoxy) is 2. The highest BCUT2D eigenvalue weighted by molar-refractivity contribution is 5.90. The predicted octanol–water partition coefficient (Wildman–Crippen LogP) is 2.63. The summed E-state index contributed by atoms with van der Waals surface area (Å²) in [5.74, 6) is 1.20. The first kappa shape index (κ1) is 14.7. The molecule has 1 heterocycles. The third kappa shape index (κ3) is 4.42. The SMILES string of the molecule is CCOc1ccccc1NC(=O)NCC1CCOCC1. The molecule has 2 rings (SSSR count). The molecular weight excluding hydrogens is 256 g/mol. The molecule has 5 heteroatoms. The molecule has 0 saturated carbocycles. The van der Waals surface area contributed by atoms with E-state index in [1.165, 1.54) is 0 Å². The molecule has 2 N–H and O–H groups in total. The first-order valence-electron chi connectivity index (χ1n) is 7.14. The molecule has 1 fully saturated rings. The molecule has 1 saturated heterocycles. The topological polar surface area (TPSA) is 59.6 Å². The van der Waals surface area contributed by atoms with E-state index in [1.807, 2.05) is 31.2 Å². The van der Waals surface area contributed by atoms with Gasteiger partial charge in [-0.3, -0.25) is 0 Å². The van der Waals surface area contributed by atoms with E-state index in [9.17, 15) is 4.79 Å². The van der Waals surface area contributed by atoms with Gasteiger partial charge in [0.25, 0.3) is 0 Å². The Hall–Kier alpha value is -1.75. The number of benzene rings is 1. The fourth-order valence-electron chi connectivity index (χ4n) is 2.21. The van der Waals surface area contributed by atoms with Gasteiger partial charge in [0.05, 0.1) is 12.3 Å². The maximum Gasteiger partial charge on any atom is 0.319 e. The van der Waals surface area contributed by atoms with Gasteiger partial charge < -0.3 is 20.1 Å². The van der Waals surface area contributed by atoms with Crippen molar-refractivity contribution in [2.24, 2.45) is 5.92 Å². The molecule has 0 unspecified atom stereocenters. The summed E-state index contributed by atoms with van der Waals surface area (Å²) in [6.07, 6.45) is 2.02. The van der Waals surface area contributed by atoms with Crippen LogP contribution >= 0.6 is 0 Å². The van der Waals surface area contributed by atoms with Gasteiger partial charge in [-0.2, -0.15) is 0 Å². The Balaban J connectivity index is 1.81. The zero-order valence-corrected chi connectivity index (χ0v) is 11.9. The number of carbonyl (C=O) groups is 1. The van der Waals surface area contributed by atoms with E-state index >= 15 is 0 Å². The zero-order valence-electron chi connectivity index (χ0n) is 11.9. The third-order valence-electron chi connectivity index (χ3n) is 3.33. The molecule has 0 radical (unpaired) electrons. The highest BCUT2D eigenvalue weighted by atomic mass is 16.5. The number of amides is 2. The molecule has 1 aromatic carbocycles. The lowest BCUT2D eigenvalue weighted by Gasteiger charge is -2.22. The number of nitrogens with one attached hydrogen (secondary N) is 2. The van der Waals surface area contributed by atoms with Crippen LogP contribution in [0.1, 0.15) is 19.8 Å². The van der Waals surface area contributed by atoms with Crippen LogP contribution in [0.5, 0.6) is 5.75 Å². The first-order valence-corrected chi connectivity index (χ1v) is 7.14. The maximum atomic E-state index is 11.9. The van der Waals surface area contributed by atoms with Crippen molar-refractivity contribution in [1.29, 1.82) is 0 Å². The molecule has 110 valence electrons. The summed E-state index contributed by atoms with van der Waals surface area (Å²) in [6.45, 7) is 4.76. The van der Waals surface area contributed by atoms with E-state index in [-0.39, 0.29) is 6.03 Å². The number of carbonyl (C=O) groups excluding carboxylic acids is 1. The summed E-state index contributed by atoms with van der Waals surface area (Å²) in [5, 5.41) is 5.74. The molecule has 1 aromatic rings. The zero-order chi connectivity index (χ0) is 14.2. The molecule has 0 aliphatic carbocycles. The Morgan fingerprint density at radius 1 is 1.35 bits per heavy atom. The van der Waals surface area contributed by atoms with Crippen LogP contribution < -0.4 is 15.4 Å². The summed E-state index contributed by atoms with van der Waals surface area (Å²) >= 11 is 0. The van der Waals surface area contributed by atoms with Gasteiger partial charge in [-0.1, -0.05) is 12.1 Å². The molecule has 5 nitrogen and oxygen atoms in total. The lowest BCUT2D eigenvalue weighted by Crippen LogP contribution is -2.35. The number of anilines is 1. The van der Waals surface area contributed by atoms with Crippen LogP contribution in [0.3, 0.4) is 0 Å². The highest BCUT2D eigenvalue weighted by Crippen LogP contribution is 2.23. The van der Waals surface area contributed by atoms with Gasteiger partial charge in [-0.15, -0.1) is 0 Å². The normalized spacial score (nSPS) is 15.7. The second-order valence-electron chi connectivity index (χ2n) is 4.82. The summed E-state index contributed by atoms with van der Waals surface area (Å²) in [6, 6.07) is 7.24. The number of rotatable bonds is 5. The molecule has 0 atom stereocenters. The number of hydrogen-bond donors (Lipinski definition) is 2. The van der Waals surface area contributed by atoms with Gasteiger partial charge >= 0.3 is 6.03 Å². The van der Waals surface area contributed by atoms with Gasteiger partial charge in [0, 0.05) is 19.8 Å². The van der Waals surface area contributed by atoms with Crippen molar-refractivity contribution >= 4 is 11.7 Å². The van der Waals surface area contributed by atoms with E-state index in [0.29, 0.717) is 30.5 Å². The van der Waals surface area contributed by atoms with Crippen LogP contribution in [0.15, 0.2) is 24.3 Å². The summed E-state index contributed by atoms with van der Waals surface area (Å²) in [4.78, 5) is 11.9. The number of para-hydroxylation sites is 2. The largest absolute Gasteiger partial charge is 0.492 e. The predicted molar refractivity (Wildman–Crippen MR) is 78.2 cm³/mol. The Labute approximate surface area is 119 Å². The van der Waals surface area contributed by atoms with Crippen molar-refractivity contribution < 1.29 is 14.3 Å². The van der Waals surface area contributed by atoms with Gasteiger partial charge in [-0.25, -0.2) is 4.79 Å². The van der Waals surface area contributed by atoms with E-state index in [0.717, 1.165) is 26.1 Å². The highest BCUT2D eigenvalue weighted by Gasteiger charge is 2.15. The first-order chi connectivity index (χ1) is 9.79. The molecular formula is C15H22N2O3. The summed E-state index contributed by atoms with van der Waals surface area (Å²) in [7, 11) is 0. The van der Waals surface area contributed by atoms with Crippen molar-refractivity contribution in [3.05, 3.63) is 24.3 Å². The summed E-state index contributed by atoms with van der Waals surface area (Å²) in [5.41, 5.74) is 0.693. The maximum absolute atomic E-state index is 11.9. The molecule has 1 aliphatic heterocycles. The van der Waals surface area contributed by atoms with Crippen LogP contribution in [-0.4, -0.2) is 32.4 Å². The fourth-order valence-corrected chi connectivity index (χ4v) is 2.21.